The van der Waals surface area contributed by atoms with Crippen molar-refractivity contribution in [3.63, 3.8) is 0 Å². The minimum Gasteiger partial charge on any atom is -0.480 e. The Balaban J connectivity index is 2.71. The first kappa shape index (κ1) is 14.0. The molecule has 0 aliphatic carbocycles. The number of benzene rings is 1. The zero-order valence-electron chi connectivity index (χ0n) is 10.4. The van der Waals surface area contributed by atoms with Gasteiger partial charge in [-0.2, -0.15) is 0 Å². The molecular formula is C12H10ClN3O4. The van der Waals surface area contributed by atoms with Crippen LogP contribution < -0.4 is 4.90 Å². The van der Waals surface area contributed by atoms with Crippen molar-refractivity contribution in [2.24, 2.45) is 0 Å². The second-order valence-electron chi connectivity index (χ2n) is 4.13. The monoisotopic (exact) mass is 295 g/mol. The number of nitro groups is 1. The average Bonchev–Trinajstić information content (AvgIpc) is 2.37. The summed E-state index contributed by atoms with van der Waals surface area (Å²) in [5.41, 5.74) is -0.100. The number of aliphatic carboxylic acids is 1. The SMILES string of the molecule is CN(CC(=O)O)c1nccc2c([N+](=O)[O-])ccc(Cl)c12. The molecule has 1 aromatic carbocycles. The fourth-order valence-electron chi connectivity index (χ4n) is 1.95. The Bertz CT molecular complexity index is 704. The van der Waals surface area contributed by atoms with E-state index in [1.807, 2.05) is 0 Å². The summed E-state index contributed by atoms with van der Waals surface area (Å²) in [7, 11) is 1.53. The van der Waals surface area contributed by atoms with E-state index in [9.17, 15) is 14.9 Å². The lowest BCUT2D eigenvalue weighted by molar-refractivity contribution is -0.383. The summed E-state index contributed by atoms with van der Waals surface area (Å²) in [5, 5.41) is 20.8. The standard InChI is InChI=1S/C12H10ClN3O4/c1-15(6-10(17)18)12-11-7(4-5-14-12)9(16(19)20)3-2-8(11)13/h2-5H,6H2,1H3,(H,17,18). The number of aromatic nitrogens is 1. The van der Waals surface area contributed by atoms with Gasteiger partial charge in [-0.15, -0.1) is 0 Å². The van der Waals surface area contributed by atoms with Gasteiger partial charge in [0.15, 0.2) is 0 Å². The number of pyridine rings is 1. The smallest absolute Gasteiger partial charge is 0.323 e. The molecule has 0 bridgehead atoms. The molecule has 2 rings (SSSR count). The van der Waals surface area contributed by atoms with Gasteiger partial charge < -0.3 is 10.0 Å². The van der Waals surface area contributed by atoms with Gasteiger partial charge in [-0.1, -0.05) is 11.6 Å². The van der Waals surface area contributed by atoms with Crippen LogP contribution in [-0.2, 0) is 4.79 Å². The van der Waals surface area contributed by atoms with Gasteiger partial charge in [0.2, 0.25) is 0 Å². The summed E-state index contributed by atoms with van der Waals surface area (Å²) in [5.74, 6) is -0.744. The third kappa shape index (κ3) is 2.48. The molecule has 20 heavy (non-hydrogen) atoms. The fraction of sp³-hybridized carbons (Fsp3) is 0.167. The fourth-order valence-corrected chi connectivity index (χ4v) is 2.20. The molecule has 104 valence electrons. The minimum absolute atomic E-state index is 0.100. The van der Waals surface area contributed by atoms with Gasteiger partial charge in [0, 0.05) is 24.7 Å². The highest BCUT2D eigenvalue weighted by molar-refractivity contribution is 6.37. The van der Waals surface area contributed by atoms with E-state index in [1.54, 1.807) is 0 Å². The molecule has 1 heterocycles. The largest absolute Gasteiger partial charge is 0.480 e. The lowest BCUT2D eigenvalue weighted by Gasteiger charge is -2.18. The topological polar surface area (TPSA) is 96.6 Å². The minimum atomic E-state index is -1.03. The van der Waals surface area contributed by atoms with Crippen LogP contribution in [0, 0.1) is 10.1 Å². The molecule has 8 heteroatoms. The molecule has 7 nitrogen and oxygen atoms in total. The Morgan fingerprint density at radius 2 is 2.20 bits per heavy atom. The van der Waals surface area contributed by atoms with Crippen LogP contribution in [0.3, 0.4) is 0 Å². The van der Waals surface area contributed by atoms with Crippen molar-refractivity contribution in [3.05, 3.63) is 39.5 Å². The Labute approximate surface area is 118 Å². The summed E-state index contributed by atoms with van der Waals surface area (Å²) < 4.78 is 0. The van der Waals surface area contributed by atoms with E-state index >= 15 is 0 Å². The van der Waals surface area contributed by atoms with Crippen molar-refractivity contribution >= 4 is 39.8 Å². The maximum absolute atomic E-state index is 11.0. The molecule has 0 amide bonds. The van der Waals surface area contributed by atoms with Crippen LogP contribution >= 0.6 is 11.6 Å². The number of carbonyl (C=O) groups is 1. The van der Waals surface area contributed by atoms with Gasteiger partial charge in [-0.3, -0.25) is 14.9 Å². The van der Waals surface area contributed by atoms with Crippen molar-refractivity contribution in [1.29, 1.82) is 0 Å². The van der Waals surface area contributed by atoms with E-state index in [0.29, 0.717) is 16.6 Å². The van der Waals surface area contributed by atoms with Crippen molar-refractivity contribution in [3.8, 4) is 0 Å². The number of hydrogen-bond donors (Lipinski definition) is 1. The van der Waals surface area contributed by atoms with Gasteiger partial charge >= 0.3 is 5.97 Å². The van der Waals surface area contributed by atoms with Crippen molar-refractivity contribution < 1.29 is 14.8 Å². The first-order valence-electron chi connectivity index (χ1n) is 5.56. The molecule has 0 saturated heterocycles. The highest BCUT2D eigenvalue weighted by atomic mass is 35.5. The summed E-state index contributed by atoms with van der Waals surface area (Å²) in [6.45, 7) is -0.287. The van der Waals surface area contributed by atoms with Crippen LogP contribution in [0.25, 0.3) is 10.8 Å². The van der Waals surface area contributed by atoms with Crippen LogP contribution in [0.1, 0.15) is 0 Å². The van der Waals surface area contributed by atoms with Crippen LogP contribution in [-0.4, -0.2) is 34.6 Å². The second-order valence-corrected chi connectivity index (χ2v) is 4.54. The highest BCUT2D eigenvalue weighted by Crippen LogP contribution is 2.35. The van der Waals surface area contributed by atoms with Gasteiger partial charge in [-0.05, 0) is 12.1 Å². The Kier molecular flexibility index (Phi) is 3.71. The number of halogens is 1. The molecule has 0 aliphatic rings. The third-order valence-electron chi connectivity index (χ3n) is 2.76. The number of fused-ring (bicyclic) bond motifs is 1. The number of nitro benzene ring substituents is 1. The van der Waals surface area contributed by atoms with E-state index in [2.05, 4.69) is 4.98 Å². The number of carboxylic acid groups (broad SMARTS) is 1. The van der Waals surface area contributed by atoms with Crippen LogP contribution in [0.15, 0.2) is 24.4 Å². The molecule has 0 spiro atoms. The number of likely N-dealkylation sites (N-methyl/N-ethyl adjacent to an activating group) is 1. The number of anilines is 1. The molecule has 0 radical (unpaired) electrons. The van der Waals surface area contributed by atoms with Gasteiger partial charge in [0.25, 0.3) is 5.69 Å². The first-order chi connectivity index (χ1) is 9.41. The number of carboxylic acids is 1. The zero-order chi connectivity index (χ0) is 14.9. The van der Waals surface area contributed by atoms with Crippen LogP contribution in [0.5, 0.6) is 0 Å². The average molecular weight is 296 g/mol. The van der Waals surface area contributed by atoms with E-state index in [0.717, 1.165) is 0 Å². The van der Waals surface area contributed by atoms with Crippen molar-refractivity contribution in [1.82, 2.24) is 4.98 Å². The lowest BCUT2D eigenvalue weighted by Crippen LogP contribution is -2.26. The number of non-ortho nitro benzene ring substituents is 1. The molecule has 2 aromatic rings. The molecule has 0 fully saturated rings. The molecule has 0 unspecified atom stereocenters. The maximum Gasteiger partial charge on any atom is 0.323 e. The third-order valence-corrected chi connectivity index (χ3v) is 3.08. The summed E-state index contributed by atoms with van der Waals surface area (Å²) >= 11 is 6.08. The predicted octanol–water partition coefficient (Wildman–Crippen LogP) is 2.32. The van der Waals surface area contributed by atoms with E-state index in [4.69, 9.17) is 16.7 Å². The number of rotatable bonds is 4. The molecule has 0 aliphatic heterocycles. The Morgan fingerprint density at radius 3 is 2.80 bits per heavy atom. The number of hydrogen-bond acceptors (Lipinski definition) is 5. The molecule has 0 atom stereocenters. The Morgan fingerprint density at radius 1 is 1.50 bits per heavy atom. The maximum atomic E-state index is 11.0. The zero-order valence-corrected chi connectivity index (χ0v) is 11.2. The molecular weight excluding hydrogens is 286 g/mol. The van der Waals surface area contributed by atoms with Crippen molar-refractivity contribution in [2.45, 2.75) is 0 Å². The lowest BCUT2D eigenvalue weighted by atomic mass is 10.1. The quantitative estimate of drug-likeness (QED) is 0.687. The van der Waals surface area contributed by atoms with Crippen molar-refractivity contribution in [2.75, 3.05) is 18.5 Å². The molecule has 1 N–H and O–H groups in total. The van der Waals surface area contributed by atoms with E-state index in [-0.39, 0.29) is 17.3 Å². The first-order valence-corrected chi connectivity index (χ1v) is 5.94. The summed E-state index contributed by atoms with van der Waals surface area (Å²) in [4.78, 5) is 26.7. The Hall–Kier alpha value is -2.41. The molecule has 1 aromatic heterocycles. The van der Waals surface area contributed by atoms with Gasteiger partial charge in [0.1, 0.15) is 12.4 Å². The van der Waals surface area contributed by atoms with E-state index < -0.39 is 10.9 Å². The number of nitrogens with zero attached hydrogens (tertiary/aromatic N) is 3. The predicted molar refractivity (Wildman–Crippen MR) is 74.3 cm³/mol. The normalized spacial score (nSPS) is 10.5. The van der Waals surface area contributed by atoms with E-state index in [1.165, 1.54) is 36.3 Å². The van der Waals surface area contributed by atoms with Gasteiger partial charge in [-0.25, -0.2) is 4.98 Å². The highest BCUT2D eigenvalue weighted by Gasteiger charge is 2.19. The van der Waals surface area contributed by atoms with Gasteiger partial charge in [0.05, 0.1) is 15.3 Å². The van der Waals surface area contributed by atoms with Crippen LogP contribution in [0.2, 0.25) is 5.02 Å². The summed E-state index contributed by atoms with van der Waals surface area (Å²) in [6, 6.07) is 4.20. The van der Waals surface area contributed by atoms with Crippen LogP contribution in [0.4, 0.5) is 11.5 Å². The summed E-state index contributed by atoms with van der Waals surface area (Å²) in [6.07, 6.45) is 1.39. The second kappa shape index (κ2) is 5.30. The molecule has 0 saturated carbocycles.